The number of carbonyl (C=O) groups is 3. The van der Waals surface area contributed by atoms with Crippen molar-refractivity contribution >= 4 is 17.9 Å². The van der Waals surface area contributed by atoms with Gasteiger partial charge in [0.1, 0.15) is 12.6 Å². The molecule has 0 fully saturated rings. The smallest absolute Gasteiger partial charge is 0.407 e. The van der Waals surface area contributed by atoms with Crippen LogP contribution in [0.15, 0.2) is 84.9 Å². The van der Waals surface area contributed by atoms with Gasteiger partial charge in [0, 0.05) is 13.0 Å². The molecule has 6 N–H and O–H groups in total. The molecule has 216 valence electrons. The number of nitrogens with two attached hydrogens (primary N) is 1. The molecule has 0 aromatic heterocycles. The monoisotopic (exact) mass is 558 g/mol. The van der Waals surface area contributed by atoms with E-state index in [1.807, 2.05) is 84.9 Å². The number of rotatable bonds is 13. The van der Waals surface area contributed by atoms with Crippen LogP contribution in [0.4, 0.5) is 4.79 Å². The van der Waals surface area contributed by atoms with E-state index in [4.69, 9.17) is 10.5 Å². The molecule has 1 aliphatic carbocycles. The predicted molar refractivity (Wildman–Crippen MR) is 156 cm³/mol. The Hall–Kier alpha value is -4.21. The third-order valence-corrected chi connectivity index (χ3v) is 7.17. The average molecular weight is 559 g/mol. The molecule has 3 aromatic rings. The van der Waals surface area contributed by atoms with Gasteiger partial charge >= 0.3 is 6.09 Å². The molecule has 0 saturated heterocycles. The van der Waals surface area contributed by atoms with Gasteiger partial charge in [-0.3, -0.25) is 9.59 Å². The quantitative estimate of drug-likeness (QED) is 0.204. The van der Waals surface area contributed by atoms with Gasteiger partial charge in [-0.1, -0.05) is 84.9 Å². The number of benzene rings is 3. The van der Waals surface area contributed by atoms with Crippen molar-refractivity contribution in [3.05, 3.63) is 107 Å². The summed E-state index contributed by atoms with van der Waals surface area (Å²) < 4.78 is 5.23. The number of aliphatic hydroxyl groups excluding tert-OH is 1. The number of unbranched alkanes of at least 4 members (excludes halogenated alkanes) is 1. The second kappa shape index (κ2) is 15.0. The molecular formula is C32H38N4O5. The van der Waals surface area contributed by atoms with Crippen LogP contribution in [0, 0.1) is 0 Å². The Morgan fingerprint density at radius 1 is 0.878 bits per heavy atom. The van der Waals surface area contributed by atoms with E-state index in [1.165, 1.54) is 0 Å². The van der Waals surface area contributed by atoms with Crippen LogP contribution < -0.4 is 21.7 Å². The minimum absolute atomic E-state index is 0.181. The zero-order chi connectivity index (χ0) is 29.0. The lowest BCUT2D eigenvalue weighted by Crippen LogP contribution is -2.53. The fraction of sp³-hybridized carbons (Fsp3) is 0.344. The Morgan fingerprint density at radius 3 is 2.27 bits per heavy atom. The SMILES string of the molecule is N[C@@H](Cc1ccccc1)C(=O)N[C@@H](CCCCNC(=O)OCc1ccccc1)C(=O)N[C@H]1c2ccccc2C[C@H]1O. The molecule has 4 rings (SSSR count). The molecule has 0 saturated carbocycles. The molecule has 0 radical (unpaired) electrons. The van der Waals surface area contributed by atoms with E-state index in [0.29, 0.717) is 38.6 Å². The predicted octanol–water partition coefficient (Wildman–Crippen LogP) is 2.91. The molecule has 4 atom stereocenters. The summed E-state index contributed by atoms with van der Waals surface area (Å²) in [6.07, 6.45) is 0.981. The number of ether oxygens (including phenoxy) is 1. The lowest BCUT2D eigenvalue weighted by molar-refractivity contribution is -0.130. The standard InChI is InChI=1S/C32H38N4O5/c33-26(19-22-11-3-1-4-12-22)30(38)35-27(31(39)36-29-25-16-8-7-15-24(25)20-28(29)37)17-9-10-18-34-32(40)41-21-23-13-5-2-6-14-23/h1-8,11-16,26-29,37H,9-10,17-21,33H2,(H,34,40)(H,35,38)(H,36,39)/t26-,27-,28+,29-/m0/s1. The molecule has 9 heteroatoms. The summed E-state index contributed by atoms with van der Waals surface area (Å²) >= 11 is 0. The van der Waals surface area contributed by atoms with Crippen LogP contribution >= 0.6 is 0 Å². The normalized spacial score (nSPS) is 17.1. The fourth-order valence-electron chi connectivity index (χ4n) is 4.95. The lowest BCUT2D eigenvalue weighted by atomic mass is 10.0. The van der Waals surface area contributed by atoms with Crippen LogP contribution in [0.5, 0.6) is 0 Å². The topological polar surface area (TPSA) is 143 Å². The van der Waals surface area contributed by atoms with Crippen LogP contribution in [-0.4, -0.2) is 47.7 Å². The van der Waals surface area contributed by atoms with Crippen molar-refractivity contribution < 1.29 is 24.2 Å². The summed E-state index contributed by atoms with van der Waals surface area (Å²) in [6.45, 7) is 0.540. The molecule has 41 heavy (non-hydrogen) atoms. The number of carbonyl (C=O) groups excluding carboxylic acids is 3. The first-order valence-electron chi connectivity index (χ1n) is 14.0. The maximum absolute atomic E-state index is 13.4. The first-order chi connectivity index (χ1) is 19.9. The summed E-state index contributed by atoms with van der Waals surface area (Å²) in [4.78, 5) is 38.4. The third kappa shape index (κ3) is 8.89. The van der Waals surface area contributed by atoms with Gasteiger partial charge in [0.15, 0.2) is 0 Å². The maximum atomic E-state index is 13.4. The van der Waals surface area contributed by atoms with Crippen molar-refractivity contribution in [2.45, 2.75) is 62.9 Å². The molecule has 1 aliphatic rings. The number of hydrogen-bond acceptors (Lipinski definition) is 6. The molecular weight excluding hydrogens is 520 g/mol. The van der Waals surface area contributed by atoms with Crippen LogP contribution in [0.25, 0.3) is 0 Å². The van der Waals surface area contributed by atoms with Crippen molar-refractivity contribution in [2.24, 2.45) is 5.73 Å². The van der Waals surface area contributed by atoms with Crippen molar-refractivity contribution in [1.82, 2.24) is 16.0 Å². The van der Waals surface area contributed by atoms with E-state index in [-0.39, 0.29) is 12.5 Å². The zero-order valence-electron chi connectivity index (χ0n) is 23.0. The maximum Gasteiger partial charge on any atom is 0.407 e. The van der Waals surface area contributed by atoms with Crippen LogP contribution in [0.2, 0.25) is 0 Å². The minimum atomic E-state index is -0.852. The van der Waals surface area contributed by atoms with Crippen LogP contribution in [0.1, 0.15) is 47.6 Å². The van der Waals surface area contributed by atoms with Gasteiger partial charge in [-0.25, -0.2) is 4.79 Å². The van der Waals surface area contributed by atoms with Gasteiger partial charge in [-0.2, -0.15) is 0 Å². The molecule has 0 aliphatic heterocycles. The molecule has 0 heterocycles. The molecule has 3 aromatic carbocycles. The molecule has 0 unspecified atom stereocenters. The van der Waals surface area contributed by atoms with E-state index in [9.17, 15) is 19.5 Å². The highest BCUT2D eigenvalue weighted by molar-refractivity contribution is 5.90. The number of nitrogens with one attached hydrogen (secondary N) is 3. The Labute approximate surface area is 240 Å². The van der Waals surface area contributed by atoms with Gasteiger partial charge in [0.25, 0.3) is 0 Å². The third-order valence-electron chi connectivity index (χ3n) is 7.17. The number of amides is 3. The Balaban J connectivity index is 1.30. The highest BCUT2D eigenvalue weighted by Crippen LogP contribution is 2.31. The first-order valence-corrected chi connectivity index (χ1v) is 14.0. The molecule has 0 spiro atoms. The van der Waals surface area contributed by atoms with Crippen LogP contribution in [0.3, 0.4) is 0 Å². The summed E-state index contributed by atoms with van der Waals surface area (Å²) in [5, 5.41) is 19.1. The highest BCUT2D eigenvalue weighted by atomic mass is 16.5. The summed E-state index contributed by atoms with van der Waals surface area (Å²) in [6, 6.07) is 24.2. The highest BCUT2D eigenvalue weighted by Gasteiger charge is 2.34. The van der Waals surface area contributed by atoms with Gasteiger partial charge in [-0.05, 0) is 47.9 Å². The van der Waals surface area contributed by atoms with E-state index in [1.54, 1.807) is 0 Å². The number of fused-ring (bicyclic) bond motifs is 1. The van der Waals surface area contributed by atoms with E-state index >= 15 is 0 Å². The lowest BCUT2D eigenvalue weighted by Gasteiger charge is -2.24. The second-order valence-corrected chi connectivity index (χ2v) is 10.3. The summed E-state index contributed by atoms with van der Waals surface area (Å²) in [5.74, 6) is -0.815. The van der Waals surface area contributed by atoms with Gasteiger partial charge in [0.2, 0.25) is 11.8 Å². The molecule has 3 amide bonds. The molecule has 0 bridgehead atoms. The Morgan fingerprint density at radius 2 is 1.54 bits per heavy atom. The summed E-state index contributed by atoms with van der Waals surface area (Å²) in [7, 11) is 0. The average Bonchev–Trinajstić information content (AvgIpc) is 3.30. The van der Waals surface area contributed by atoms with Crippen molar-refractivity contribution in [2.75, 3.05) is 6.54 Å². The Kier molecular flexibility index (Phi) is 10.9. The number of aliphatic hydroxyl groups is 1. The van der Waals surface area contributed by atoms with Crippen molar-refractivity contribution in [3.8, 4) is 0 Å². The largest absolute Gasteiger partial charge is 0.445 e. The van der Waals surface area contributed by atoms with E-state index in [2.05, 4.69) is 16.0 Å². The number of hydrogen-bond donors (Lipinski definition) is 5. The second-order valence-electron chi connectivity index (χ2n) is 10.3. The van der Waals surface area contributed by atoms with Gasteiger partial charge in [-0.15, -0.1) is 0 Å². The number of alkyl carbamates (subject to hydrolysis) is 1. The Bertz CT molecular complexity index is 1290. The minimum Gasteiger partial charge on any atom is -0.445 e. The summed E-state index contributed by atoms with van der Waals surface area (Å²) in [5.41, 5.74) is 9.86. The fourth-order valence-corrected chi connectivity index (χ4v) is 4.95. The van der Waals surface area contributed by atoms with Crippen LogP contribution in [-0.2, 0) is 33.8 Å². The zero-order valence-corrected chi connectivity index (χ0v) is 23.0. The van der Waals surface area contributed by atoms with E-state index < -0.39 is 36.2 Å². The van der Waals surface area contributed by atoms with E-state index in [0.717, 1.165) is 22.3 Å². The van der Waals surface area contributed by atoms with Gasteiger partial charge < -0.3 is 31.5 Å². The molecule has 9 nitrogen and oxygen atoms in total. The van der Waals surface area contributed by atoms with Crippen molar-refractivity contribution in [3.63, 3.8) is 0 Å². The first kappa shape index (κ1) is 29.8. The van der Waals surface area contributed by atoms with Crippen molar-refractivity contribution in [1.29, 1.82) is 0 Å². The van der Waals surface area contributed by atoms with Gasteiger partial charge in [0.05, 0.1) is 18.2 Å².